The first-order valence-electron chi connectivity index (χ1n) is 5.91. The third-order valence-electron chi connectivity index (χ3n) is 3.07. The van der Waals surface area contributed by atoms with Gasteiger partial charge in [-0.25, -0.2) is 8.42 Å². The van der Waals surface area contributed by atoms with Crippen LogP contribution in [0.3, 0.4) is 0 Å². The monoisotopic (exact) mass is 318 g/mol. The highest BCUT2D eigenvalue weighted by Crippen LogP contribution is 2.33. The Morgan fingerprint density at radius 3 is 2.52 bits per heavy atom. The molecule has 1 aliphatic carbocycles. The molecule has 0 heterocycles. The summed E-state index contributed by atoms with van der Waals surface area (Å²) in [4.78, 5) is 19.9. The molecule has 1 aromatic carbocycles. The average Bonchev–Trinajstić information content (AvgIpc) is 3.19. The summed E-state index contributed by atoms with van der Waals surface area (Å²) < 4.78 is 39.4. The van der Waals surface area contributed by atoms with Crippen molar-refractivity contribution >= 4 is 21.7 Å². The number of hydrogen-bond acceptors (Lipinski definition) is 5. The SMILES string of the molecule is O=C(O)C(NS(=O)(=O)c1ccc([N+](=O)[O-])c(F)c1)C1CC1. The minimum atomic E-state index is -4.27. The highest BCUT2D eigenvalue weighted by Gasteiger charge is 2.39. The highest BCUT2D eigenvalue weighted by molar-refractivity contribution is 7.89. The zero-order chi connectivity index (χ0) is 15.8. The molecule has 1 fully saturated rings. The first-order valence-corrected chi connectivity index (χ1v) is 7.40. The summed E-state index contributed by atoms with van der Waals surface area (Å²) in [6.07, 6.45) is 1.18. The maximum atomic E-state index is 13.4. The van der Waals surface area contributed by atoms with Crippen molar-refractivity contribution in [2.24, 2.45) is 5.92 Å². The number of aliphatic carboxylic acids is 1. The zero-order valence-corrected chi connectivity index (χ0v) is 11.3. The van der Waals surface area contributed by atoms with E-state index in [1.807, 2.05) is 4.72 Å². The van der Waals surface area contributed by atoms with Gasteiger partial charge in [-0.05, 0) is 24.8 Å². The van der Waals surface area contributed by atoms with Gasteiger partial charge in [-0.1, -0.05) is 0 Å². The number of carboxylic acid groups (broad SMARTS) is 1. The first-order chi connectivity index (χ1) is 9.72. The fourth-order valence-corrected chi connectivity index (χ4v) is 3.09. The van der Waals surface area contributed by atoms with Crippen LogP contribution in [0, 0.1) is 21.8 Å². The molecule has 1 atom stereocenters. The molecule has 1 aliphatic rings. The second-order valence-electron chi connectivity index (χ2n) is 4.64. The lowest BCUT2D eigenvalue weighted by molar-refractivity contribution is -0.387. The van der Waals surface area contributed by atoms with Crippen molar-refractivity contribution in [2.75, 3.05) is 0 Å². The molecule has 1 aromatic rings. The molecule has 2 N–H and O–H groups in total. The number of halogens is 1. The number of benzene rings is 1. The summed E-state index contributed by atoms with van der Waals surface area (Å²) in [5, 5.41) is 19.4. The number of nitro benzene ring substituents is 1. The summed E-state index contributed by atoms with van der Waals surface area (Å²) in [7, 11) is -4.27. The van der Waals surface area contributed by atoms with E-state index in [0.717, 1.165) is 12.1 Å². The Labute approximate surface area is 118 Å². The van der Waals surface area contributed by atoms with Crippen molar-refractivity contribution in [2.45, 2.75) is 23.8 Å². The Morgan fingerprint density at radius 1 is 1.48 bits per heavy atom. The molecule has 0 amide bonds. The van der Waals surface area contributed by atoms with Gasteiger partial charge >= 0.3 is 11.7 Å². The summed E-state index contributed by atoms with van der Waals surface area (Å²) in [5.41, 5.74) is -0.856. The second kappa shape index (κ2) is 5.37. The molecule has 0 spiro atoms. The van der Waals surface area contributed by atoms with Gasteiger partial charge in [-0.3, -0.25) is 14.9 Å². The number of carboxylic acids is 1. The van der Waals surface area contributed by atoms with Crippen LogP contribution in [0.5, 0.6) is 0 Å². The van der Waals surface area contributed by atoms with E-state index in [-0.39, 0.29) is 5.92 Å². The molecule has 1 unspecified atom stereocenters. The highest BCUT2D eigenvalue weighted by atomic mass is 32.2. The van der Waals surface area contributed by atoms with Gasteiger partial charge in [0.25, 0.3) is 0 Å². The lowest BCUT2D eigenvalue weighted by atomic mass is 10.2. The first kappa shape index (κ1) is 15.3. The van der Waals surface area contributed by atoms with Crippen molar-refractivity contribution < 1.29 is 27.6 Å². The third-order valence-corrected chi connectivity index (χ3v) is 4.51. The number of carbonyl (C=O) groups is 1. The Hall–Kier alpha value is -2.07. The number of nitrogens with zero attached hydrogens (tertiary/aromatic N) is 1. The van der Waals surface area contributed by atoms with Crippen LogP contribution in [0.25, 0.3) is 0 Å². The van der Waals surface area contributed by atoms with Crippen LogP contribution in [0.15, 0.2) is 23.1 Å². The van der Waals surface area contributed by atoms with Crippen LogP contribution in [0.2, 0.25) is 0 Å². The zero-order valence-electron chi connectivity index (χ0n) is 10.5. The molecule has 0 aliphatic heterocycles. The van der Waals surface area contributed by atoms with E-state index < -0.39 is 43.4 Å². The molecule has 1 saturated carbocycles. The lowest BCUT2D eigenvalue weighted by Crippen LogP contribution is -2.42. The van der Waals surface area contributed by atoms with Crippen LogP contribution in [0.4, 0.5) is 10.1 Å². The molecule has 2 rings (SSSR count). The predicted molar refractivity (Wildman–Crippen MR) is 67.5 cm³/mol. The second-order valence-corrected chi connectivity index (χ2v) is 6.36. The molecule has 0 bridgehead atoms. The molecule has 0 aromatic heterocycles. The van der Waals surface area contributed by atoms with Crippen molar-refractivity contribution in [1.29, 1.82) is 0 Å². The minimum Gasteiger partial charge on any atom is -0.480 e. The molecule has 8 nitrogen and oxygen atoms in total. The van der Waals surface area contributed by atoms with Crippen LogP contribution in [0.1, 0.15) is 12.8 Å². The molecule has 0 saturated heterocycles. The van der Waals surface area contributed by atoms with Crippen LogP contribution >= 0.6 is 0 Å². The van der Waals surface area contributed by atoms with Gasteiger partial charge in [-0.15, -0.1) is 0 Å². The molecule has 21 heavy (non-hydrogen) atoms. The summed E-state index contributed by atoms with van der Waals surface area (Å²) in [6.45, 7) is 0. The van der Waals surface area contributed by atoms with Gasteiger partial charge < -0.3 is 5.11 Å². The standard InChI is InChI=1S/C11H11FN2O6S/c12-8-5-7(3-4-9(8)14(17)18)21(19,20)13-10(11(15)16)6-1-2-6/h3-6,10,13H,1-2H2,(H,15,16). The van der Waals surface area contributed by atoms with Crippen LogP contribution in [-0.2, 0) is 14.8 Å². The number of hydrogen-bond donors (Lipinski definition) is 2. The van der Waals surface area contributed by atoms with Crippen molar-refractivity contribution in [3.8, 4) is 0 Å². The van der Waals surface area contributed by atoms with Gasteiger partial charge in [0, 0.05) is 12.1 Å². The van der Waals surface area contributed by atoms with Gasteiger partial charge in [0.05, 0.1) is 9.82 Å². The van der Waals surface area contributed by atoms with E-state index in [0.29, 0.717) is 18.9 Å². The van der Waals surface area contributed by atoms with Gasteiger partial charge in [0.15, 0.2) is 0 Å². The number of sulfonamides is 1. The van der Waals surface area contributed by atoms with E-state index in [1.54, 1.807) is 0 Å². The molecule has 10 heteroatoms. The molecular weight excluding hydrogens is 307 g/mol. The largest absolute Gasteiger partial charge is 0.480 e. The van der Waals surface area contributed by atoms with Crippen molar-refractivity contribution in [1.82, 2.24) is 4.72 Å². The molecule has 0 radical (unpaired) electrons. The summed E-state index contributed by atoms with van der Waals surface area (Å²) in [6, 6.07) is 0.784. The van der Waals surface area contributed by atoms with Crippen molar-refractivity contribution in [3.05, 3.63) is 34.1 Å². The van der Waals surface area contributed by atoms with E-state index in [4.69, 9.17) is 5.11 Å². The Kier molecular flexibility index (Phi) is 3.92. The summed E-state index contributed by atoms with van der Waals surface area (Å²) in [5.74, 6) is -2.91. The smallest absolute Gasteiger partial charge is 0.322 e. The quantitative estimate of drug-likeness (QED) is 0.592. The summed E-state index contributed by atoms with van der Waals surface area (Å²) >= 11 is 0. The maximum absolute atomic E-state index is 13.4. The topological polar surface area (TPSA) is 127 Å². The van der Waals surface area contributed by atoms with E-state index >= 15 is 0 Å². The third kappa shape index (κ3) is 3.34. The minimum absolute atomic E-state index is 0.292. The van der Waals surface area contributed by atoms with Crippen LogP contribution < -0.4 is 4.72 Å². The van der Waals surface area contributed by atoms with E-state index in [2.05, 4.69) is 0 Å². The van der Waals surface area contributed by atoms with Gasteiger partial charge in [0.1, 0.15) is 6.04 Å². The maximum Gasteiger partial charge on any atom is 0.322 e. The fourth-order valence-electron chi connectivity index (χ4n) is 1.82. The van der Waals surface area contributed by atoms with Crippen LogP contribution in [-0.4, -0.2) is 30.5 Å². The predicted octanol–water partition coefficient (Wildman–Crippen LogP) is 0.875. The number of nitrogens with one attached hydrogen (secondary N) is 1. The molecule has 114 valence electrons. The Balaban J connectivity index is 2.29. The number of nitro groups is 1. The van der Waals surface area contributed by atoms with Gasteiger partial charge in [-0.2, -0.15) is 9.11 Å². The normalized spacial score (nSPS) is 16.4. The average molecular weight is 318 g/mol. The van der Waals surface area contributed by atoms with Gasteiger partial charge in [0.2, 0.25) is 15.8 Å². The van der Waals surface area contributed by atoms with E-state index in [9.17, 15) is 27.7 Å². The Morgan fingerprint density at radius 2 is 2.10 bits per heavy atom. The lowest BCUT2D eigenvalue weighted by Gasteiger charge is -2.13. The van der Waals surface area contributed by atoms with Crippen molar-refractivity contribution in [3.63, 3.8) is 0 Å². The molecular formula is C11H11FN2O6S. The van der Waals surface area contributed by atoms with E-state index in [1.165, 1.54) is 0 Å². The Bertz CT molecular complexity index is 701. The fraction of sp³-hybridized carbons (Fsp3) is 0.364. The number of rotatable bonds is 6.